The zero-order chi connectivity index (χ0) is 54.9. The molecule has 0 radical (unpaired) electrons. The van der Waals surface area contributed by atoms with Crippen LogP contribution in [0.15, 0.2) is 215 Å². The van der Waals surface area contributed by atoms with Gasteiger partial charge in [0.05, 0.1) is 53.2 Å². The molecule has 0 aromatic heterocycles. The normalized spacial score (nSPS) is 14.2. The molecule has 0 saturated heterocycles. The van der Waals surface area contributed by atoms with Crippen LogP contribution in [0.1, 0.15) is 87.5 Å². The molecule has 9 heteroatoms. The smallest absolute Gasteiger partial charge is 0.134 e. The Balaban J connectivity index is 1.27. The first-order valence-corrected chi connectivity index (χ1v) is 28.7. The molecule has 404 valence electrons. The molecular formula is C69H74O7S2. The molecule has 8 rings (SSSR count). The number of fused-ring (bicyclic) bond motifs is 2. The van der Waals surface area contributed by atoms with Gasteiger partial charge in [-0.3, -0.25) is 4.79 Å². The summed E-state index contributed by atoms with van der Waals surface area (Å²) in [6.45, 7) is 10.1. The van der Waals surface area contributed by atoms with E-state index >= 15 is 4.79 Å². The third-order valence-corrected chi connectivity index (χ3v) is 17.0. The summed E-state index contributed by atoms with van der Waals surface area (Å²) >= 11 is 3.51. The van der Waals surface area contributed by atoms with E-state index < -0.39 is 9.49 Å². The van der Waals surface area contributed by atoms with E-state index in [1.165, 1.54) is 0 Å². The summed E-state index contributed by atoms with van der Waals surface area (Å²) in [5.41, 5.74) is 4.28. The highest BCUT2D eigenvalue weighted by Crippen LogP contribution is 2.51. The zero-order valence-electron chi connectivity index (χ0n) is 46.5. The Kier molecular flexibility index (Phi) is 20.1. The average molecular weight is 1080 g/mol. The van der Waals surface area contributed by atoms with Gasteiger partial charge in [-0.25, -0.2) is 0 Å². The molecule has 8 aromatic carbocycles. The third-order valence-electron chi connectivity index (χ3n) is 14.3. The van der Waals surface area contributed by atoms with Crippen LogP contribution in [-0.4, -0.2) is 56.9 Å². The van der Waals surface area contributed by atoms with Crippen molar-refractivity contribution in [3.63, 3.8) is 0 Å². The molecule has 0 N–H and O–H groups in total. The third kappa shape index (κ3) is 15.1. The van der Waals surface area contributed by atoms with Crippen LogP contribution in [0.25, 0.3) is 21.5 Å². The fourth-order valence-corrected chi connectivity index (χ4v) is 12.9. The number of carbonyl (C=O) groups excluding carboxylic acids is 1. The van der Waals surface area contributed by atoms with Gasteiger partial charge in [-0.05, 0) is 155 Å². The number of benzene rings is 8. The van der Waals surface area contributed by atoms with Crippen molar-refractivity contribution in [2.75, 3.05) is 41.7 Å². The Morgan fingerprint density at radius 1 is 0.462 bits per heavy atom. The van der Waals surface area contributed by atoms with Crippen LogP contribution in [0, 0.1) is 0 Å². The standard InChI is InChI=1S/C69H74O7S2/c1-9-37-75-58-31-21-49(22-32-58)39-62(73-7)47-68(3,77-64-17-13-11-14-18-64)66(53-27-25-51-29-35-60(71-5)43-55(51)41-53)45-57(70)46-67(54-28-26-52-30-36-61(72-6)44-56(52)42-54)69(4,78-65-19-15-12-16-20-65)48-63(74-8)40-50-23-33-59(34-24-50)76-38-10-2/h11-36,41-44,47-48,66-67H,9-10,37-40,45-46H2,1-8H3. The average Bonchev–Trinajstić information content (AvgIpc) is 3.54. The van der Waals surface area contributed by atoms with Crippen LogP contribution in [0.5, 0.6) is 23.0 Å². The maximum Gasteiger partial charge on any atom is 0.134 e. The van der Waals surface area contributed by atoms with E-state index in [0.717, 1.165) is 101 Å². The van der Waals surface area contributed by atoms with Crippen LogP contribution < -0.4 is 18.9 Å². The van der Waals surface area contributed by atoms with E-state index in [1.54, 1.807) is 52.0 Å². The van der Waals surface area contributed by atoms with Gasteiger partial charge in [0, 0.05) is 56.8 Å². The van der Waals surface area contributed by atoms with E-state index in [4.69, 9.17) is 28.4 Å². The zero-order valence-corrected chi connectivity index (χ0v) is 48.1. The number of Topliss-reactive ketones (excluding diaryl/α,β-unsaturated/α-hetero) is 1. The summed E-state index contributed by atoms with van der Waals surface area (Å²) in [7, 11) is 6.88. The summed E-state index contributed by atoms with van der Waals surface area (Å²) in [5, 5.41) is 4.25. The first-order valence-electron chi connectivity index (χ1n) is 27.0. The number of thioether (sulfide) groups is 2. The van der Waals surface area contributed by atoms with Crippen molar-refractivity contribution in [1.82, 2.24) is 0 Å². The topological polar surface area (TPSA) is 72.5 Å². The van der Waals surface area contributed by atoms with Crippen molar-refractivity contribution in [2.45, 2.75) is 97.3 Å². The highest BCUT2D eigenvalue weighted by molar-refractivity contribution is 8.01. The molecule has 0 spiro atoms. The Morgan fingerprint density at radius 3 is 1.19 bits per heavy atom. The molecule has 0 amide bonds. The number of allylic oxidation sites excluding steroid dienone is 2. The summed E-state index contributed by atoms with van der Waals surface area (Å²) in [6.07, 6.45) is 7.99. The minimum Gasteiger partial charge on any atom is -0.501 e. The molecule has 0 fully saturated rings. The van der Waals surface area contributed by atoms with Gasteiger partial charge in [0.1, 0.15) is 28.8 Å². The number of hydrogen-bond donors (Lipinski definition) is 0. The second kappa shape index (κ2) is 27.5. The molecule has 7 nitrogen and oxygen atoms in total. The lowest BCUT2D eigenvalue weighted by atomic mass is 9.77. The van der Waals surface area contributed by atoms with Crippen molar-refractivity contribution in [1.29, 1.82) is 0 Å². The summed E-state index contributed by atoms with van der Waals surface area (Å²) in [6, 6.07) is 63.0. The predicted octanol–water partition coefficient (Wildman–Crippen LogP) is 17.5. The number of rotatable bonds is 28. The Bertz CT molecular complexity index is 3050. The van der Waals surface area contributed by atoms with Gasteiger partial charge in [0.25, 0.3) is 0 Å². The number of ketones is 1. The van der Waals surface area contributed by atoms with E-state index in [1.807, 2.05) is 48.5 Å². The van der Waals surface area contributed by atoms with Crippen molar-refractivity contribution >= 4 is 50.9 Å². The first kappa shape index (κ1) is 57.1. The van der Waals surface area contributed by atoms with E-state index in [-0.39, 0.29) is 30.5 Å². The van der Waals surface area contributed by atoms with Crippen LogP contribution in [0.3, 0.4) is 0 Å². The molecule has 0 heterocycles. The molecule has 4 unspecified atom stereocenters. The summed E-state index contributed by atoms with van der Waals surface area (Å²) in [4.78, 5) is 18.2. The molecule has 78 heavy (non-hydrogen) atoms. The number of methoxy groups -OCH3 is 4. The van der Waals surface area contributed by atoms with Gasteiger partial charge in [-0.15, -0.1) is 23.5 Å². The second-order valence-corrected chi connectivity index (χ2v) is 23.3. The van der Waals surface area contributed by atoms with Crippen LogP contribution >= 0.6 is 23.5 Å². The predicted molar refractivity (Wildman–Crippen MR) is 324 cm³/mol. The van der Waals surface area contributed by atoms with Crippen LogP contribution in [-0.2, 0) is 27.1 Å². The maximum absolute atomic E-state index is 16.1. The van der Waals surface area contributed by atoms with E-state index in [2.05, 4.69) is 173 Å². The highest BCUT2D eigenvalue weighted by atomic mass is 32.2. The largest absolute Gasteiger partial charge is 0.501 e. The van der Waals surface area contributed by atoms with Gasteiger partial charge >= 0.3 is 0 Å². The van der Waals surface area contributed by atoms with Crippen molar-refractivity contribution < 1.29 is 33.2 Å². The Hall–Kier alpha value is -7.07. The van der Waals surface area contributed by atoms with Crippen molar-refractivity contribution in [2.24, 2.45) is 0 Å². The summed E-state index contributed by atoms with van der Waals surface area (Å²) < 4.78 is 34.6. The minimum atomic E-state index is -0.712. The molecule has 0 aliphatic heterocycles. The number of ether oxygens (including phenoxy) is 6. The van der Waals surface area contributed by atoms with Gasteiger partial charge in [0.15, 0.2) is 0 Å². The lowest BCUT2D eigenvalue weighted by Gasteiger charge is -2.38. The Morgan fingerprint density at radius 2 is 0.833 bits per heavy atom. The quantitative estimate of drug-likeness (QED) is 0.0352. The lowest BCUT2D eigenvalue weighted by molar-refractivity contribution is -0.120. The highest BCUT2D eigenvalue weighted by Gasteiger charge is 2.41. The molecule has 0 saturated carbocycles. The van der Waals surface area contributed by atoms with E-state index in [0.29, 0.717) is 26.1 Å². The monoisotopic (exact) mass is 1080 g/mol. The molecule has 0 bridgehead atoms. The molecule has 0 aliphatic rings. The van der Waals surface area contributed by atoms with E-state index in [9.17, 15) is 0 Å². The number of hydrogen-bond acceptors (Lipinski definition) is 9. The van der Waals surface area contributed by atoms with Gasteiger partial charge in [-0.1, -0.05) is 123 Å². The number of carbonyl (C=O) groups is 1. The van der Waals surface area contributed by atoms with Gasteiger partial charge < -0.3 is 28.4 Å². The summed E-state index contributed by atoms with van der Waals surface area (Å²) in [5.74, 6) is 4.32. The maximum atomic E-state index is 16.1. The van der Waals surface area contributed by atoms with Crippen LogP contribution in [0.4, 0.5) is 0 Å². The molecule has 0 aliphatic carbocycles. The van der Waals surface area contributed by atoms with Gasteiger partial charge in [0.2, 0.25) is 0 Å². The van der Waals surface area contributed by atoms with Crippen LogP contribution in [0.2, 0.25) is 0 Å². The van der Waals surface area contributed by atoms with Crippen molar-refractivity contribution in [3.05, 3.63) is 228 Å². The first-order chi connectivity index (χ1) is 37.9. The SMILES string of the molecule is CCCOc1ccc(CC(=CC(C)(Sc2ccccc2)C(CC(=O)CC(c2ccc3ccc(OC)cc3c2)C(C)(C=C(Cc2ccc(OCCC)cc2)OC)Sc2ccccc2)c2ccc3ccc(OC)cc3c2)OC)cc1. The molecule has 8 aromatic rings. The molecule has 4 atom stereocenters. The molecular weight excluding hydrogens is 1000 g/mol. The minimum absolute atomic E-state index is 0.131. The van der Waals surface area contributed by atoms with Crippen molar-refractivity contribution in [3.8, 4) is 23.0 Å². The lowest BCUT2D eigenvalue weighted by Crippen LogP contribution is -2.33. The fraction of sp³-hybridized carbons (Fsp3) is 0.290. The second-order valence-electron chi connectivity index (χ2n) is 20.2. The van der Waals surface area contributed by atoms with Gasteiger partial charge in [-0.2, -0.15) is 0 Å². The fourth-order valence-electron chi connectivity index (χ4n) is 10.2. The Labute approximate surface area is 471 Å².